The Morgan fingerprint density at radius 2 is 0.817 bits per heavy atom. The maximum atomic E-state index is 13.7. The zero-order valence-corrected chi connectivity index (χ0v) is 77.0. The van der Waals surface area contributed by atoms with Gasteiger partial charge in [0, 0.05) is 62.9 Å². The van der Waals surface area contributed by atoms with Crippen LogP contribution in [0.1, 0.15) is 94.4 Å². The molecule has 5 aromatic carbocycles. The van der Waals surface area contributed by atoms with Gasteiger partial charge < -0.3 is 73.6 Å². The number of aryl methyl sites for hydroxylation is 3. The summed E-state index contributed by atoms with van der Waals surface area (Å²) in [6.07, 6.45) is 0.704. The van der Waals surface area contributed by atoms with Crippen LogP contribution in [0.4, 0.5) is 8.78 Å². The molecule has 3 radical (unpaired) electrons. The number of phenolic OH excluding ortho intramolecular Hbond substituents is 3. The summed E-state index contributed by atoms with van der Waals surface area (Å²) >= 11 is 0. The van der Waals surface area contributed by atoms with Crippen LogP contribution in [0.25, 0.3) is 0 Å². The number of aliphatic hydroxyl groups excluding tert-OH is 1. The Morgan fingerprint density at radius 3 is 1.07 bits per heavy atom. The second-order valence-corrected chi connectivity index (χ2v) is 57.5. The Morgan fingerprint density at radius 1 is 0.505 bits per heavy atom. The van der Waals surface area contributed by atoms with Gasteiger partial charge in [0.05, 0.1) is 25.2 Å². The molecule has 14 atom stereocenters. The van der Waals surface area contributed by atoms with E-state index in [1.165, 1.54) is 101 Å². The number of primary amides is 3. The Balaban J connectivity index is 0. The van der Waals surface area contributed by atoms with Gasteiger partial charge in [0.25, 0.3) is 0 Å². The minimum Gasteiger partial charge on any atom is -1.00 e. The van der Waals surface area contributed by atoms with Crippen LogP contribution >= 0.6 is 73.6 Å². The van der Waals surface area contributed by atoms with E-state index in [9.17, 15) is 72.4 Å². The average molecular weight is 1690 g/mol. The Labute approximate surface area is 684 Å². The van der Waals surface area contributed by atoms with Gasteiger partial charge in [0.1, 0.15) is 65.0 Å². The van der Waals surface area contributed by atoms with Gasteiger partial charge in [-0.05, 0) is 173 Å². The van der Waals surface area contributed by atoms with Gasteiger partial charge in [-0.15, -0.1) is 44.6 Å². The summed E-state index contributed by atoms with van der Waals surface area (Å²) in [5.41, 5.74) is 22.3. The standard InChI is InChI=1S/C29H38FN3O6.C27H36FN3O5.C17H27N3O3.B.Na.H11P9.H/c1-7-39-29(38)22(15-19-8-11-21(30)12-9-19)27(36)33(6)25(17(2)3)28(37)32(5)23(26(31)35)16-20-10-13-24(34)18(4)14-20;1-16(2)24(31(5)26(35)20(15-32)13-18-6-9-21(28)10-7-18)27(36)30(4)22(25(29)34)14-19-8-11-23(33)17(3)12-19;1-10(2)15(19-4)17(23)20(5)13(16(18)22)9-12-6-7-14(21)11(3)8-12;;;1-6-9(7(2)3)8(4)5;/h8-14,17,22-23,25,34H,7,15-16H2,1-6H3,(H2,31,35);6-12,16,20,22,24,32-33H,13-15H2,1-5H3,(H2,29,34);6-8,10,13,15,19,21H,9H2,1-5H3,(H2,18,22);;;6H,1-5H2;/q;;;;+1;;-1/t22-,23+,25+;20-,22+,24+;13-,15-;;;;/m110..../s1. The molecule has 0 aliphatic rings. The van der Waals surface area contributed by atoms with E-state index in [2.05, 4.69) is 50.0 Å². The number of hydrogen-bond donors (Lipinski definition) is 8. The number of nitrogens with two attached hydrogens (primary N) is 3. The van der Waals surface area contributed by atoms with Gasteiger partial charge in [-0.25, -0.2) is 8.78 Å². The van der Waals surface area contributed by atoms with E-state index in [0.717, 1.165) is 24.6 Å². The summed E-state index contributed by atoms with van der Waals surface area (Å²) in [7, 11) is 24.8. The van der Waals surface area contributed by atoms with Crippen LogP contribution in [0.2, 0.25) is 0 Å². The van der Waals surface area contributed by atoms with Crippen molar-refractivity contribution < 1.29 is 108 Å². The zero-order chi connectivity index (χ0) is 81.8. The normalized spacial score (nSPS) is 13.3. The topological polar surface area (TPSA) is 350 Å². The van der Waals surface area contributed by atoms with Gasteiger partial charge in [-0.1, -0.05) is 110 Å². The van der Waals surface area contributed by atoms with Gasteiger partial charge in [-0.3, -0.25) is 43.2 Å². The summed E-state index contributed by atoms with van der Waals surface area (Å²) in [4.78, 5) is 123. The van der Waals surface area contributed by atoms with Crippen LogP contribution in [-0.4, -0.2) is 198 Å². The smallest absolute Gasteiger partial charge is 1.00 e. The first kappa shape index (κ1) is 104. The number of likely N-dealkylation sites (N-methyl/N-ethyl adjacent to an activating group) is 6. The van der Waals surface area contributed by atoms with E-state index >= 15 is 0 Å². The third-order valence-corrected chi connectivity index (χ3v) is 62.0. The van der Waals surface area contributed by atoms with Crippen molar-refractivity contribution in [3.8, 4) is 17.2 Å². The van der Waals surface area contributed by atoms with Crippen molar-refractivity contribution in [1.29, 1.82) is 0 Å². The van der Waals surface area contributed by atoms with Crippen LogP contribution in [0.3, 0.4) is 0 Å². The maximum absolute atomic E-state index is 13.7. The van der Waals surface area contributed by atoms with Crippen LogP contribution in [0.15, 0.2) is 103 Å². The fraction of sp³-hybridized carbons (Fsp3) is 0.466. The third-order valence-electron chi connectivity index (χ3n) is 17.8. The zero-order valence-electron chi connectivity index (χ0n) is 66.5. The number of aromatic hydroxyl groups is 3. The molecule has 11 N–H and O–H groups in total. The number of hydrogen-bond acceptors (Lipinski definition) is 15. The van der Waals surface area contributed by atoms with Crippen molar-refractivity contribution in [3.63, 3.8) is 0 Å². The number of carbonyl (C=O) groups is 9. The maximum Gasteiger partial charge on any atom is 1.00 e. The monoisotopic (exact) mass is 1690 g/mol. The molecule has 0 aliphatic carbocycles. The molecular weight excluding hydrogens is 1580 g/mol. The van der Waals surface area contributed by atoms with Crippen LogP contribution in [0.5, 0.6) is 17.2 Å². The fourth-order valence-electron chi connectivity index (χ4n) is 11.7. The number of ether oxygens (including phenoxy) is 1. The van der Waals surface area contributed by atoms with Crippen molar-refractivity contribution in [3.05, 3.63) is 159 Å². The quantitative estimate of drug-likeness (QED) is 0.00910. The van der Waals surface area contributed by atoms with E-state index in [1.807, 2.05) is 13.8 Å². The molecule has 23 nitrogen and oxygen atoms in total. The van der Waals surface area contributed by atoms with Crippen molar-refractivity contribution in [2.75, 3.05) is 55.5 Å². The molecule has 0 saturated carbocycles. The van der Waals surface area contributed by atoms with E-state index in [0.29, 0.717) is 41.2 Å². The molecule has 0 heterocycles. The summed E-state index contributed by atoms with van der Waals surface area (Å²) in [5, 5.41) is 42.1. The minimum absolute atomic E-state index is 0. The molecule has 0 aliphatic heterocycles. The van der Waals surface area contributed by atoms with Crippen molar-refractivity contribution in [2.45, 2.75) is 138 Å². The number of rotatable bonds is 33. The van der Waals surface area contributed by atoms with Crippen LogP contribution < -0.4 is 52.1 Å². The van der Waals surface area contributed by atoms with E-state index < -0.39 is 108 Å². The largest absolute Gasteiger partial charge is 1.00 e. The van der Waals surface area contributed by atoms with Gasteiger partial charge >= 0.3 is 35.5 Å². The number of phenols is 3. The fourth-order valence-corrected chi connectivity index (χ4v) is 72.8. The van der Waals surface area contributed by atoms with Crippen LogP contribution in [-0.2, 0) is 80.0 Å². The molecule has 0 aromatic heterocycles. The van der Waals surface area contributed by atoms with Gasteiger partial charge in [0.2, 0.25) is 47.3 Å². The van der Waals surface area contributed by atoms with Crippen molar-refractivity contribution in [1.82, 2.24) is 29.8 Å². The summed E-state index contributed by atoms with van der Waals surface area (Å²) in [6, 6.07) is 20.9. The van der Waals surface area contributed by atoms with Crippen LogP contribution in [0, 0.1) is 62.0 Å². The number of carbonyl (C=O) groups excluding carboxylic acids is 9. The Kier molecular flexibility index (Phi) is 49.2. The molecule has 597 valence electrons. The first-order chi connectivity index (χ1) is 49.9. The molecule has 0 spiro atoms. The Hall–Kier alpha value is -4.56. The second kappa shape index (κ2) is 51.3. The molecule has 0 bridgehead atoms. The van der Waals surface area contributed by atoms with Gasteiger partial charge in [-0.2, -0.15) is 0 Å². The number of nitrogens with zero attached hydrogens (tertiary/aromatic N) is 5. The second-order valence-electron chi connectivity index (χ2n) is 26.9. The minimum atomic E-state index is -1.26. The predicted octanol–water partition coefficient (Wildman–Crippen LogP) is 6.97. The first-order valence-corrected chi connectivity index (χ1v) is 49.8. The molecular formula is C73H113BF2N9NaO14P9. The van der Waals surface area contributed by atoms with E-state index in [1.54, 1.807) is 124 Å². The van der Waals surface area contributed by atoms with E-state index in [4.69, 9.17) is 21.9 Å². The summed E-state index contributed by atoms with van der Waals surface area (Å²) in [6.45, 7) is 18.1. The number of benzene rings is 5. The molecule has 5 rings (SSSR count). The third kappa shape index (κ3) is 33.1. The molecule has 0 saturated heterocycles. The molecule has 6 unspecified atom stereocenters. The van der Waals surface area contributed by atoms with Crippen molar-refractivity contribution in [2.24, 2.45) is 46.8 Å². The number of esters is 1. The molecule has 109 heavy (non-hydrogen) atoms. The predicted molar refractivity (Wildman–Crippen MR) is 453 cm³/mol. The summed E-state index contributed by atoms with van der Waals surface area (Å²) in [5.74, 6) is -8.04. The molecule has 5 aromatic rings. The first-order valence-electron chi connectivity index (χ1n) is 34.3. The SMILES string of the molecule is CCOC(=O)[C@H](Cc1ccc(F)cc1)C(=O)N(C)[C@H](C(=O)N(C)[C@@H](Cc1ccc(O)c(C)c1)C(N)=O)C(C)C.CN[C@H](C(=O)N(C)[C@@H](Cc1ccc(O)c(C)c1)C(N)=O)C(C)C.Cc1cc(C[C@@H](C(N)=O)N(C)C(=O)[C@H](C(C)C)N(C)C(=O)[C@@H](CO)Cc2ccc(F)cc2)ccc1O.PPP(P(P)P)P(P)P.[B].[H-].[Na+]. The molecule has 8 amide bonds. The Bertz CT molecular complexity index is 3780. The number of amides is 8. The van der Waals surface area contributed by atoms with E-state index in [-0.39, 0.29) is 133 Å². The summed E-state index contributed by atoms with van der Waals surface area (Å²) < 4.78 is 31.8. The number of halogens is 2. The van der Waals surface area contributed by atoms with Crippen molar-refractivity contribution >= 4 is 135 Å². The number of nitrogens with one attached hydrogen (secondary N) is 1. The number of aliphatic hydroxyl groups is 1. The molecule has 0 fully saturated rings. The molecule has 36 heteroatoms. The van der Waals surface area contributed by atoms with Gasteiger partial charge in [0.15, 0.2) is 0 Å². The average Bonchev–Trinajstić information content (AvgIpc) is 0.822.